The van der Waals surface area contributed by atoms with Crippen molar-refractivity contribution in [1.29, 1.82) is 0 Å². The Morgan fingerprint density at radius 2 is 2.17 bits per heavy atom. The maximum Gasteiger partial charge on any atom is 0.272 e. The van der Waals surface area contributed by atoms with Crippen molar-refractivity contribution in [3.05, 3.63) is 39.7 Å². The zero-order valence-electron chi connectivity index (χ0n) is 9.76. The summed E-state index contributed by atoms with van der Waals surface area (Å²) in [6.07, 6.45) is 0. The van der Waals surface area contributed by atoms with Gasteiger partial charge in [0, 0.05) is 19.2 Å². The van der Waals surface area contributed by atoms with Gasteiger partial charge >= 0.3 is 0 Å². The Hall–Kier alpha value is -1.57. The molecule has 0 heterocycles. The van der Waals surface area contributed by atoms with Crippen molar-refractivity contribution in [2.45, 2.75) is 6.54 Å². The minimum Gasteiger partial charge on any atom is -0.394 e. The first-order valence-corrected chi connectivity index (χ1v) is 5.46. The highest BCUT2D eigenvalue weighted by molar-refractivity contribution is 5.35. The van der Waals surface area contributed by atoms with Gasteiger partial charge in [0.05, 0.1) is 30.8 Å². The molecule has 100 valence electrons. The van der Waals surface area contributed by atoms with Crippen molar-refractivity contribution in [3.63, 3.8) is 0 Å². The number of nitro benzene ring substituents is 1. The monoisotopic (exact) mass is 258 g/mol. The number of benzene rings is 1. The van der Waals surface area contributed by atoms with Gasteiger partial charge in [0.2, 0.25) is 0 Å². The van der Waals surface area contributed by atoms with Crippen molar-refractivity contribution in [1.82, 2.24) is 5.32 Å². The van der Waals surface area contributed by atoms with Crippen molar-refractivity contribution in [2.24, 2.45) is 0 Å². The molecule has 0 aliphatic carbocycles. The first-order chi connectivity index (χ1) is 8.63. The summed E-state index contributed by atoms with van der Waals surface area (Å²) >= 11 is 0. The minimum absolute atomic E-state index is 0.0317. The van der Waals surface area contributed by atoms with Gasteiger partial charge in [-0.3, -0.25) is 10.1 Å². The van der Waals surface area contributed by atoms with E-state index in [9.17, 15) is 14.5 Å². The quantitative estimate of drug-likeness (QED) is 0.410. The molecule has 2 N–H and O–H groups in total. The lowest BCUT2D eigenvalue weighted by molar-refractivity contribution is -0.385. The Morgan fingerprint density at radius 1 is 1.39 bits per heavy atom. The molecule has 0 aliphatic rings. The van der Waals surface area contributed by atoms with Gasteiger partial charge in [-0.1, -0.05) is 0 Å². The largest absolute Gasteiger partial charge is 0.394 e. The molecule has 0 saturated carbocycles. The molecule has 1 aromatic rings. The second-order valence-electron chi connectivity index (χ2n) is 3.59. The second-order valence-corrected chi connectivity index (χ2v) is 3.59. The summed E-state index contributed by atoms with van der Waals surface area (Å²) in [5.41, 5.74) is 0.243. The van der Waals surface area contributed by atoms with Crippen LogP contribution < -0.4 is 5.32 Å². The van der Waals surface area contributed by atoms with E-state index >= 15 is 0 Å². The normalized spacial score (nSPS) is 10.6. The van der Waals surface area contributed by atoms with Gasteiger partial charge in [-0.25, -0.2) is 4.39 Å². The lowest BCUT2D eigenvalue weighted by Crippen LogP contribution is -2.20. The smallest absolute Gasteiger partial charge is 0.272 e. The third-order valence-corrected chi connectivity index (χ3v) is 2.14. The van der Waals surface area contributed by atoms with Crippen LogP contribution in [-0.4, -0.2) is 36.4 Å². The van der Waals surface area contributed by atoms with E-state index in [1.54, 1.807) is 0 Å². The zero-order valence-corrected chi connectivity index (χ0v) is 9.76. The molecule has 0 aliphatic heterocycles. The van der Waals surface area contributed by atoms with Gasteiger partial charge in [0.15, 0.2) is 0 Å². The SMILES string of the molecule is O=[N+]([O-])c1cc(F)cc(CNCCOCCO)c1. The first-order valence-electron chi connectivity index (χ1n) is 5.46. The summed E-state index contributed by atoms with van der Waals surface area (Å²) in [5, 5.41) is 21.9. The van der Waals surface area contributed by atoms with E-state index in [-0.39, 0.29) is 18.9 Å². The molecule has 0 bridgehead atoms. The van der Waals surface area contributed by atoms with Crippen LogP contribution in [-0.2, 0) is 11.3 Å². The molecule has 0 radical (unpaired) electrons. The fourth-order valence-corrected chi connectivity index (χ4v) is 1.38. The topological polar surface area (TPSA) is 84.6 Å². The van der Waals surface area contributed by atoms with Crippen LogP contribution in [0.3, 0.4) is 0 Å². The van der Waals surface area contributed by atoms with Crippen molar-refractivity contribution in [2.75, 3.05) is 26.4 Å². The average Bonchev–Trinajstić information content (AvgIpc) is 2.33. The summed E-state index contributed by atoms with van der Waals surface area (Å²) < 4.78 is 18.1. The minimum atomic E-state index is -0.628. The van der Waals surface area contributed by atoms with E-state index in [0.717, 1.165) is 6.07 Å². The number of aliphatic hydroxyl groups excluding tert-OH is 1. The second kappa shape index (κ2) is 7.70. The molecule has 18 heavy (non-hydrogen) atoms. The number of nitrogens with zero attached hydrogens (tertiary/aromatic N) is 1. The average molecular weight is 258 g/mol. The van der Waals surface area contributed by atoms with Crippen molar-refractivity contribution in [3.8, 4) is 0 Å². The predicted octanol–water partition coefficient (Wildman–Crippen LogP) is 0.832. The number of non-ortho nitro benzene ring substituents is 1. The molecule has 0 fully saturated rings. The van der Waals surface area contributed by atoms with Crippen LogP contribution in [0.4, 0.5) is 10.1 Å². The number of hydrogen-bond donors (Lipinski definition) is 2. The Balaban J connectivity index is 2.40. The van der Waals surface area contributed by atoms with Crippen LogP contribution in [0.15, 0.2) is 18.2 Å². The van der Waals surface area contributed by atoms with Gasteiger partial charge in [-0.2, -0.15) is 0 Å². The van der Waals surface area contributed by atoms with E-state index in [2.05, 4.69) is 5.32 Å². The number of nitrogens with one attached hydrogen (secondary N) is 1. The van der Waals surface area contributed by atoms with E-state index in [0.29, 0.717) is 25.3 Å². The van der Waals surface area contributed by atoms with Crippen LogP contribution in [0.25, 0.3) is 0 Å². The molecule has 7 heteroatoms. The van der Waals surface area contributed by atoms with Gasteiger partial charge in [-0.15, -0.1) is 0 Å². The van der Waals surface area contributed by atoms with Crippen LogP contribution >= 0.6 is 0 Å². The van der Waals surface area contributed by atoms with Crippen molar-refractivity contribution < 1.29 is 19.2 Å². The zero-order chi connectivity index (χ0) is 13.4. The maximum absolute atomic E-state index is 13.1. The number of halogens is 1. The van der Waals surface area contributed by atoms with Gasteiger partial charge in [0.25, 0.3) is 5.69 Å². The van der Waals surface area contributed by atoms with E-state index in [4.69, 9.17) is 9.84 Å². The Bertz CT molecular complexity index is 401. The third kappa shape index (κ3) is 5.17. The highest BCUT2D eigenvalue weighted by Gasteiger charge is 2.09. The molecule has 0 saturated heterocycles. The Morgan fingerprint density at radius 3 is 2.83 bits per heavy atom. The fraction of sp³-hybridized carbons (Fsp3) is 0.455. The van der Waals surface area contributed by atoms with Gasteiger partial charge in [0.1, 0.15) is 5.82 Å². The number of aliphatic hydroxyl groups is 1. The molecule has 6 nitrogen and oxygen atoms in total. The molecule has 1 aromatic carbocycles. The van der Waals surface area contributed by atoms with E-state index < -0.39 is 10.7 Å². The predicted molar refractivity (Wildman–Crippen MR) is 62.7 cm³/mol. The van der Waals surface area contributed by atoms with Crippen LogP contribution in [0.1, 0.15) is 5.56 Å². The summed E-state index contributed by atoms with van der Waals surface area (Å²) in [5.74, 6) is -0.627. The summed E-state index contributed by atoms with van der Waals surface area (Å²) in [6.45, 7) is 1.49. The molecule has 0 unspecified atom stereocenters. The molecule has 0 atom stereocenters. The maximum atomic E-state index is 13.1. The summed E-state index contributed by atoms with van der Waals surface area (Å²) in [7, 11) is 0. The Kier molecular flexibility index (Phi) is 6.20. The molecule has 1 rings (SSSR count). The molecule has 0 spiro atoms. The lowest BCUT2D eigenvalue weighted by atomic mass is 10.2. The van der Waals surface area contributed by atoms with Crippen LogP contribution in [0.5, 0.6) is 0 Å². The van der Waals surface area contributed by atoms with Crippen LogP contribution in [0.2, 0.25) is 0 Å². The number of ether oxygens (including phenoxy) is 1. The third-order valence-electron chi connectivity index (χ3n) is 2.14. The number of nitro groups is 1. The summed E-state index contributed by atoms with van der Waals surface area (Å²) in [4.78, 5) is 9.90. The molecule has 0 aromatic heterocycles. The molecular formula is C11H15FN2O4. The van der Waals surface area contributed by atoms with E-state index in [1.165, 1.54) is 12.1 Å². The first kappa shape index (κ1) is 14.5. The summed E-state index contributed by atoms with van der Waals surface area (Å²) in [6, 6.07) is 3.45. The number of rotatable bonds is 8. The van der Waals surface area contributed by atoms with Gasteiger partial charge in [-0.05, 0) is 11.6 Å². The van der Waals surface area contributed by atoms with Crippen LogP contribution in [0, 0.1) is 15.9 Å². The van der Waals surface area contributed by atoms with Gasteiger partial charge < -0.3 is 15.2 Å². The Labute approximate surface area is 104 Å². The van der Waals surface area contributed by atoms with Crippen molar-refractivity contribution >= 4 is 5.69 Å². The standard InChI is InChI=1S/C11H15FN2O4/c12-10-5-9(6-11(7-10)14(16)17)8-13-1-3-18-4-2-15/h5-7,13,15H,1-4,8H2. The lowest BCUT2D eigenvalue weighted by Gasteiger charge is -2.05. The molecular weight excluding hydrogens is 243 g/mol. The van der Waals surface area contributed by atoms with E-state index in [1.807, 2.05) is 0 Å². The highest BCUT2D eigenvalue weighted by atomic mass is 19.1. The molecule has 0 amide bonds. The fourth-order valence-electron chi connectivity index (χ4n) is 1.38. The number of hydrogen-bond acceptors (Lipinski definition) is 5. The highest BCUT2D eigenvalue weighted by Crippen LogP contribution is 2.15.